The number of aryl methyl sites for hydroxylation is 1. The Labute approximate surface area is 171 Å². The Morgan fingerprint density at radius 3 is 2.32 bits per heavy atom. The molecule has 1 aliphatic heterocycles. The molecule has 3 nitrogen and oxygen atoms in total. The van der Waals surface area contributed by atoms with Crippen molar-refractivity contribution in [1.29, 1.82) is 0 Å². The van der Waals surface area contributed by atoms with Gasteiger partial charge in [-0.15, -0.1) is 0 Å². The molecule has 0 spiro atoms. The molecule has 1 heterocycles. The lowest BCUT2D eigenvalue weighted by Gasteiger charge is -2.16. The normalized spacial score (nSPS) is 17.0. The first kappa shape index (κ1) is 22.6. The van der Waals surface area contributed by atoms with E-state index < -0.39 is 10.0 Å². The quantitative estimate of drug-likeness (QED) is 0.490. The van der Waals surface area contributed by atoms with Crippen LogP contribution in [-0.2, 0) is 10.0 Å². The second kappa shape index (κ2) is 10.2. The summed E-state index contributed by atoms with van der Waals surface area (Å²) in [5.41, 5.74) is 3.11. The molecule has 1 atom stereocenters. The topological polar surface area (TPSA) is 37.4 Å². The molecule has 4 heteroatoms. The number of sulfonamides is 1. The summed E-state index contributed by atoms with van der Waals surface area (Å²) in [5.74, 6) is 1.42. The van der Waals surface area contributed by atoms with Gasteiger partial charge in [0.2, 0.25) is 10.0 Å². The molecule has 0 N–H and O–H groups in total. The van der Waals surface area contributed by atoms with E-state index in [1.165, 1.54) is 19.3 Å². The molecule has 28 heavy (non-hydrogen) atoms. The summed E-state index contributed by atoms with van der Waals surface area (Å²) in [6, 6.07) is 7.05. The lowest BCUT2D eigenvalue weighted by Crippen LogP contribution is -2.29. The fraction of sp³-hybridized carbons (Fsp3) is 0.500. The molecular weight excluding hydrogens is 366 g/mol. The van der Waals surface area contributed by atoms with Crippen molar-refractivity contribution in [1.82, 2.24) is 4.31 Å². The molecule has 0 amide bonds. The van der Waals surface area contributed by atoms with Crippen LogP contribution in [0.2, 0.25) is 0 Å². The second-order valence-electron chi connectivity index (χ2n) is 8.41. The average molecular weight is 402 g/mol. The molecule has 0 saturated carbocycles. The average Bonchev–Trinajstić information content (AvgIpc) is 3.06. The molecule has 2 rings (SSSR count). The van der Waals surface area contributed by atoms with Crippen molar-refractivity contribution >= 4 is 10.0 Å². The largest absolute Gasteiger partial charge is 0.243 e. The van der Waals surface area contributed by atoms with Gasteiger partial charge in [-0.05, 0) is 48.5 Å². The zero-order chi connectivity index (χ0) is 20.7. The van der Waals surface area contributed by atoms with Gasteiger partial charge in [0.25, 0.3) is 0 Å². The van der Waals surface area contributed by atoms with Crippen LogP contribution in [-0.4, -0.2) is 25.8 Å². The Morgan fingerprint density at radius 1 is 1.07 bits per heavy atom. The summed E-state index contributed by atoms with van der Waals surface area (Å²) in [6.45, 7) is 13.5. The highest BCUT2D eigenvalue weighted by atomic mass is 32.2. The van der Waals surface area contributed by atoms with Crippen LogP contribution in [0.5, 0.6) is 0 Å². The maximum absolute atomic E-state index is 12.9. The van der Waals surface area contributed by atoms with Crippen molar-refractivity contribution in [2.45, 2.75) is 58.3 Å². The van der Waals surface area contributed by atoms with Crippen molar-refractivity contribution < 1.29 is 8.42 Å². The number of rotatable bonds is 10. The molecule has 0 aliphatic carbocycles. The highest BCUT2D eigenvalue weighted by Crippen LogP contribution is 2.27. The Morgan fingerprint density at radius 2 is 1.71 bits per heavy atom. The smallest absolute Gasteiger partial charge is 0.207 e. The van der Waals surface area contributed by atoms with Gasteiger partial charge in [-0.1, -0.05) is 82.5 Å². The van der Waals surface area contributed by atoms with Crippen LogP contribution < -0.4 is 0 Å². The summed E-state index contributed by atoms with van der Waals surface area (Å²) in [6.07, 6.45) is 10.9. The first-order chi connectivity index (χ1) is 13.2. The second-order valence-corrected chi connectivity index (χ2v) is 10.3. The fourth-order valence-corrected chi connectivity index (χ4v) is 4.85. The standard InChI is InChI=1S/C24H35NO2S/c1-6-22-17-25(28(26,27)24-15-13-21(5)14-16-24)18-23(22)12-8-11-20(4)10-7-9-19(2)3/h6,8,12-16,19-20H,1,7,9-11,17-18H2,2-5H3/b12-8+/t20-/m1/s1. The van der Waals surface area contributed by atoms with Crippen molar-refractivity contribution in [3.8, 4) is 0 Å². The minimum Gasteiger partial charge on any atom is -0.207 e. The summed E-state index contributed by atoms with van der Waals surface area (Å²) >= 11 is 0. The predicted octanol–water partition coefficient (Wildman–Crippen LogP) is 5.89. The molecule has 154 valence electrons. The Kier molecular flexibility index (Phi) is 8.26. The van der Waals surface area contributed by atoms with Crippen molar-refractivity contribution in [2.24, 2.45) is 11.8 Å². The van der Waals surface area contributed by atoms with Crippen molar-refractivity contribution in [3.05, 3.63) is 65.8 Å². The van der Waals surface area contributed by atoms with Gasteiger partial charge in [0.05, 0.1) is 4.90 Å². The van der Waals surface area contributed by atoms with Crippen LogP contribution in [0, 0.1) is 18.8 Å². The third-order valence-corrected chi connectivity index (χ3v) is 7.15. The first-order valence-corrected chi connectivity index (χ1v) is 11.8. The SMILES string of the molecule is C=CC1=C(/C=C/C[C@H](C)CCCC(C)C)CN(S(=O)(=O)c2ccc(C)cc2)C1. The van der Waals surface area contributed by atoms with Gasteiger partial charge >= 0.3 is 0 Å². The lowest BCUT2D eigenvalue weighted by atomic mass is 9.97. The van der Waals surface area contributed by atoms with E-state index in [0.29, 0.717) is 23.9 Å². The third-order valence-electron chi connectivity index (χ3n) is 5.35. The van der Waals surface area contributed by atoms with E-state index in [1.54, 1.807) is 22.5 Å². The zero-order valence-corrected chi connectivity index (χ0v) is 18.6. The van der Waals surface area contributed by atoms with Gasteiger partial charge in [0.1, 0.15) is 0 Å². The van der Waals surface area contributed by atoms with Crippen LogP contribution in [0.4, 0.5) is 0 Å². The van der Waals surface area contributed by atoms with E-state index in [1.807, 2.05) is 19.1 Å². The van der Waals surface area contributed by atoms with Gasteiger partial charge in [0.15, 0.2) is 0 Å². The maximum Gasteiger partial charge on any atom is 0.243 e. The van der Waals surface area contributed by atoms with E-state index in [-0.39, 0.29) is 0 Å². The minimum atomic E-state index is -3.48. The van der Waals surface area contributed by atoms with Crippen LogP contribution >= 0.6 is 0 Å². The molecule has 0 bridgehead atoms. The van der Waals surface area contributed by atoms with Gasteiger partial charge in [-0.2, -0.15) is 4.31 Å². The number of hydrogen-bond donors (Lipinski definition) is 0. The Bertz CT molecular complexity index is 817. The molecule has 1 aromatic carbocycles. The van der Waals surface area contributed by atoms with Crippen molar-refractivity contribution in [3.63, 3.8) is 0 Å². The van der Waals surface area contributed by atoms with E-state index in [4.69, 9.17) is 0 Å². The number of hydrogen-bond acceptors (Lipinski definition) is 2. The van der Waals surface area contributed by atoms with Gasteiger partial charge in [-0.25, -0.2) is 8.42 Å². The molecule has 0 saturated heterocycles. The monoisotopic (exact) mass is 401 g/mol. The molecule has 0 unspecified atom stereocenters. The van der Waals surface area contributed by atoms with Crippen LogP contribution in [0.3, 0.4) is 0 Å². The highest BCUT2D eigenvalue weighted by molar-refractivity contribution is 7.89. The first-order valence-electron chi connectivity index (χ1n) is 10.3. The highest BCUT2D eigenvalue weighted by Gasteiger charge is 2.30. The lowest BCUT2D eigenvalue weighted by molar-refractivity contribution is 0.460. The molecule has 1 aliphatic rings. The minimum absolute atomic E-state index is 0.352. The van der Waals surface area contributed by atoms with Gasteiger partial charge in [-0.3, -0.25) is 0 Å². The molecule has 0 aromatic heterocycles. The molecule has 0 fully saturated rings. The molecule has 1 aromatic rings. The molecular formula is C24H35NO2S. The summed E-state index contributed by atoms with van der Waals surface area (Å²) in [5, 5.41) is 0. The van der Waals surface area contributed by atoms with Crippen LogP contribution in [0.25, 0.3) is 0 Å². The van der Waals surface area contributed by atoms with E-state index in [2.05, 4.69) is 39.5 Å². The Balaban J connectivity index is 1.98. The van der Waals surface area contributed by atoms with Crippen molar-refractivity contribution in [2.75, 3.05) is 13.1 Å². The molecule has 0 radical (unpaired) electrons. The summed E-state index contributed by atoms with van der Waals surface area (Å²) < 4.78 is 27.4. The number of nitrogens with zero attached hydrogens (tertiary/aromatic N) is 1. The van der Waals surface area contributed by atoms with E-state index in [9.17, 15) is 8.42 Å². The maximum atomic E-state index is 12.9. The summed E-state index contributed by atoms with van der Waals surface area (Å²) in [4.78, 5) is 0.352. The number of benzene rings is 1. The number of allylic oxidation sites excluding steroid dienone is 1. The fourth-order valence-electron chi connectivity index (χ4n) is 3.46. The van der Waals surface area contributed by atoms with Gasteiger partial charge < -0.3 is 0 Å². The van der Waals surface area contributed by atoms with E-state index >= 15 is 0 Å². The third kappa shape index (κ3) is 6.18. The van der Waals surface area contributed by atoms with Crippen LogP contribution in [0.15, 0.2) is 65.1 Å². The van der Waals surface area contributed by atoms with Gasteiger partial charge in [0, 0.05) is 13.1 Å². The predicted molar refractivity (Wildman–Crippen MR) is 119 cm³/mol. The van der Waals surface area contributed by atoms with E-state index in [0.717, 1.165) is 29.0 Å². The Hall–Kier alpha value is -1.65. The van der Waals surface area contributed by atoms with Crippen LogP contribution in [0.1, 0.15) is 52.0 Å². The zero-order valence-electron chi connectivity index (χ0n) is 17.8. The summed E-state index contributed by atoms with van der Waals surface area (Å²) in [7, 11) is -3.48.